The minimum absolute atomic E-state index is 0. The normalized spacial score (nSPS) is 21.2. The van der Waals surface area contributed by atoms with Gasteiger partial charge in [0, 0.05) is 28.4 Å². The maximum atomic E-state index is 15.0. The van der Waals surface area contributed by atoms with Crippen LogP contribution in [-0.2, 0) is 0 Å². The van der Waals surface area contributed by atoms with E-state index in [0.717, 1.165) is 11.1 Å². The van der Waals surface area contributed by atoms with Crippen molar-refractivity contribution in [1.82, 2.24) is 30.7 Å². The van der Waals surface area contributed by atoms with E-state index in [1.807, 2.05) is 33.8 Å². The smallest absolute Gasteiger partial charge is 0.243 e. The molecule has 174 valence electrons. The second kappa shape index (κ2) is 9.56. The van der Waals surface area contributed by atoms with Crippen molar-refractivity contribution in [3.63, 3.8) is 0 Å². The van der Waals surface area contributed by atoms with Crippen LogP contribution in [0.5, 0.6) is 5.75 Å². The van der Waals surface area contributed by atoms with Crippen LogP contribution < -0.4 is 10.6 Å². The lowest BCUT2D eigenvalue weighted by Crippen LogP contribution is -2.67. The highest BCUT2D eigenvalue weighted by molar-refractivity contribution is 5.85. The van der Waals surface area contributed by atoms with Crippen molar-refractivity contribution in [2.24, 2.45) is 0 Å². The number of anilines is 1. The summed E-state index contributed by atoms with van der Waals surface area (Å²) in [5, 5.41) is 31.8. The molecule has 4 N–H and O–H groups in total. The molecule has 2 atom stereocenters. The Labute approximate surface area is 198 Å². The Morgan fingerprint density at radius 3 is 2.44 bits per heavy atom. The molecular formula is C21H28Cl2FN7O. The van der Waals surface area contributed by atoms with E-state index in [0.29, 0.717) is 17.7 Å². The Balaban J connectivity index is 0.00000181. The zero-order valence-electron chi connectivity index (χ0n) is 18.3. The van der Waals surface area contributed by atoms with E-state index in [1.54, 1.807) is 24.5 Å². The van der Waals surface area contributed by atoms with Crippen molar-refractivity contribution in [3.8, 4) is 28.1 Å². The Bertz CT molecular complexity index is 1030. The maximum Gasteiger partial charge on any atom is 0.243 e. The largest absolute Gasteiger partial charge is 0.507 e. The lowest BCUT2D eigenvalue weighted by Gasteiger charge is -2.48. The van der Waals surface area contributed by atoms with Crippen LogP contribution in [0.2, 0.25) is 0 Å². The van der Waals surface area contributed by atoms with Gasteiger partial charge in [-0.3, -0.25) is 5.10 Å². The number of benzene rings is 1. The van der Waals surface area contributed by atoms with E-state index in [-0.39, 0.29) is 42.1 Å². The van der Waals surface area contributed by atoms with Gasteiger partial charge in [-0.25, -0.2) is 9.37 Å². The molecule has 0 bridgehead atoms. The first-order valence-electron chi connectivity index (χ1n) is 9.87. The minimum atomic E-state index is -1.12. The lowest BCUT2D eigenvalue weighted by atomic mass is 9.78. The molecule has 3 heterocycles. The molecule has 0 spiro atoms. The molecule has 0 saturated carbocycles. The molecule has 1 fully saturated rings. The number of piperidine rings is 1. The molecule has 1 saturated heterocycles. The van der Waals surface area contributed by atoms with Crippen molar-refractivity contribution >= 4 is 30.8 Å². The second-order valence-corrected chi connectivity index (χ2v) is 8.97. The SMILES string of the molecule is CC1(C)C[C@@H](Nc2ncc(-c3ccc(-c4cn[nH]c4)cc3O)nn2)[C@@H](F)C(C)(C)N1.Cl.Cl. The van der Waals surface area contributed by atoms with Crippen molar-refractivity contribution in [1.29, 1.82) is 0 Å². The minimum Gasteiger partial charge on any atom is -0.507 e. The van der Waals surface area contributed by atoms with E-state index < -0.39 is 17.8 Å². The highest BCUT2D eigenvalue weighted by Crippen LogP contribution is 2.34. The Morgan fingerprint density at radius 1 is 1.09 bits per heavy atom. The fourth-order valence-electron chi connectivity index (χ4n) is 4.24. The molecular weight excluding hydrogens is 456 g/mol. The van der Waals surface area contributed by atoms with Crippen LogP contribution in [-0.4, -0.2) is 53.8 Å². The van der Waals surface area contributed by atoms with E-state index in [1.165, 1.54) is 6.20 Å². The first-order valence-corrected chi connectivity index (χ1v) is 9.87. The molecule has 1 aliphatic rings. The number of aromatic hydroxyl groups is 1. The van der Waals surface area contributed by atoms with Crippen molar-refractivity contribution in [2.75, 3.05) is 5.32 Å². The van der Waals surface area contributed by atoms with E-state index >= 15 is 0 Å². The maximum absolute atomic E-state index is 15.0. The van der Waals surface area contributed by atoms with E-state index in [2.05, 4.69) is 36.0 Å². The van der Waals surface area contributed by atoms with Crippen molar-refractivity contribution < 1.29 is 9.50 Å². The van der Waals surface area contributed by atoms with E-state index in [4.69, 9.17) is 0 Å². The van der Waals surface area contributed by atoms with Crippen molar-refractivity contribution in [2.45, 2.75) is 57.4 Å². The first-order chi connectivity index (χ1) is 14.1. The summed E-state index contributed by atoms with van der Waals surface area (Å²) in [4.78, 5) is 4.29. The molecule has 1 aliphatic heterocycles. The summed E-state index contributed by atoms with van der Waals surface area (Å²) >= 11 is 0. The number of H-pyrrole nitrogens is 1. The van der Waals surface area contributed by atoms with Gasteiger partial charge in [0.25, 0.3) is 0 Å². The van der Waals surface area contributed by atoms with Crippen LogP contribution in [0.3, 0.4) is 0 Å². The Morgan fingerprint density at radius 2 is 1.84 bits per heavy atom. The number of aromatic amines is 1. The van der Waals surface area contributed by atoms with Gasteiger partial charge in [0.15, 0.2) is 0 Å². The number of phenols is 1. The number of hydrogen-bond acceptors (Lipinski definition) is 7. The molecule has 4 rings (SSSR count). The van der Waals surface area contributed by atoms with Crippen LogP contribution in [0.4, 0.5) is 10.3 Å². The summed E-state index contributed by atoms with van der Waals surface area (Å²) in [6.45, 7) is 7.80. The molecule has 11 heteroatoms. The van der Waals surface area contributed by atoms with Crippen LogP contribution in [0, 0.1) is 0 Å². The fourth-order valence-corrected chi connectivity index (χ4v) is 4.24. The predicted molar refractivity (Wildman–Crippen MR) is 127 cm³/mol. The second-order valence-electron chi connectivity index (χ2n) is 8.97. The van der Waals surface area contributed by atoms with Crippen LogP contribution >= 0.6 is 24.8 Å². The third kappa shape index (κ3) is 5.28. The van der Waals surface area contributed by atoms with Crippen molar-refractivity contribution in [3.05, 3.63) is 36.8 Å². The van der Waals surface area contributed by atoms with E-state index in [9.17, 15) is 9.50 Å². The molecule has 0 radical (unpaired) electrons. The monoisotopic (exact) mass is 483 g/mol. The highest BCUT2D eigenvalue weighted by Gasteiger charge is 2.46. The fraction of sp³-hybridized carbons (Fsp3) is 0.429. The summed E-state index contributed by atoms with van der Waals surface area (Å²) in [7, 11) is 0. The predicted octanol–water partition coefficient (Wildman–Crippen LogP) is 4.15. The number of hydrogen-bond donors (Lipinski definition) is 4. The van der Waals surface area contributed by atoms with Gasteiger partial charge in [-0.15, -0.1) is 35.0 Å². The van der Waals surface area contributed by atoms with Crippen LogP contribution in [0.1, 0.15) is 34.1 Å². The summed E-state index contributed by atoms with van der Waals surface area (Å²) in [5.41, 5.74) is 1.75. The third-order valence-corrected chi connectivity index (χ3v) is 5.41. The standard InChI is InChI=1S/C21H26FN7O.2ClH/c1-20(2)8-15(18(22)21(3,4)29-20)26-19-23-11-16(27-28-19)14-6-5-12(7-17(14)30)13-9-24-25-10-13;;/h5-7,9-11,15,18,29-30H,8H2,1-4H3,(H,24,25)(H,23,26,28);2*1H/t15-,18-;;/m1../s1. The molecule has 2 aromatic heterocycles. The summed E-state index contributed by atoms with van der Waals surface area (Å²) < 4.78 is 15.0. The molecule has 32 heavy (non-hydrogen) atoms. The number of rotatable bonds is 4. The highest BCUT2D eigenvalue weighted by atomic mass is 35.5. The van der Waals surface area contributed by atoms with Gasteiger partial charge in [-0.05, 0) is 51.8 Å². The molecule has 3 aromatic rings. The molecule has 0 amide bonds. The average molecular weight is 484 g/mol. The van der Waals surface area contributed by atoms with Gasteiger partial charge in [0.05, 0.1) is 18.4 Å². The summed E-state index contributed by atoms with van der Waals surface area (Å²) in [6.07, 6.45) is 4.41. The molecule has 8 nitrogen and oxygen atoms in total. The van der Waals surface area contributed by atoms with Gasteiger partial charge in [0.1, 0.15) is 17.6 Å². The Kier molecular flexibility index (Phi) is 7.70. The number of aromatic nitrogens is 5. The Hall–Kier alpha value is -2.49. The number of alkyl halides is 1. The summed E-state index contributed by atoms with van der Waals surface area (Å²) in [5.74, 6) is 0.325. The topological polar surface area (TPSA) is 112 Å². The van der Waals surface area contributed by atoms with Crippen LogP contribution in [0.25, 0.3) is 22.4 Å². The van der Waals surface area contributed by atoms with Gasteiger partial charge in [-0.2, -0.15) is 5.10 Å². The summed E-state index contributed by atoms with van der Waals surface area (Å²) in [6, 6.07) is 4.82. The zero-order chi connectivity index (χ0) is 21.5. The first kappa shape index (κ1) is 25.8. The van der Waals surface area contributed by atoms with Gasteiger partial charge in [-0.1, -0.05) is 6.07 Å². The molecule has 1 aromatic carbocycles. The zero-order valence-corrected chi connectivity index (χ0v) is 19.9. The van der Waals surface area contributed by atoms with Gasteiger partial charge >= 0.3 is 0 Å². The van der Waals surface area contributed by atoms with Gasteiger partial charge in [0.2, 0.25) is 5.95 Å². The molecule has 0 unspecified atom stereocenters. The number of phenolic OH excluding ortho intramolecular Hbond substituents is 1. The van der Waals surface area contributed by atoms with Crippen LogP contribution in [0.15, 0.2) is 36.8 Å². The number of halogens is 3. The quantitative estimate of drug-likeness (QED) is 0.440. The number of nitrogens with one attached hydrogen (secondary N) is 3. The van der Waals surface area contributed by atoms with Gasteiger partial charge < -0.3 is 15.7 Å². The molecule has 0 aliphatic carbocycles. The third-order valence-electron chi connectivity index (χ3n) is 5.41. The number of nitrogens with zero attached hydrogens (tertiary/aromatic N) is 4. The average Bonchev–Trinajstić information content (AvgIpc) is 3.20. The lowest BCUT2D eigenvalue weighted by molar-refractivity contribution is 0.0654.